The number of piperidine rings is 1. The molecule has 260 valence electrons. The molecule has 3 fully saturated rings. The van der Waals surface area contributed by atoms with E-state index >= 15 is 0 Å². The Kier molecular flexibility index (Phi) is 9.94. The molecular formula is C34H51N5O7S. The minimum absolute atomic E-state index is 0.0406. The number of Topliss-reactive ketones (excluding diaryl/α,β-unsaturated/α-hetero) is 1. The molecule has 1 unspecified atom stereocenters. The summed E-state index contributed by atoms with van der Waals surface area (Å²) in [5, 5.41) is 8.35. The van der Waals surface area contributed by atoms with Gasteiger partial charge in [-0.05, 0) is 52.6 Å². The summed E-state index contributed by atoms with van der Waals surface area (Å²) in [5.74, 6) is -3.20. The Bertz CT molecular complexity index is 1510. The summed E-state index contributed by atoms with van der Waals surface area (Å²) in [6.45, 7) is 15.2. The number of likely N-dealkylation sites (tertiary alicyclic amines) is 1. The molecule has 4 rings (SSSR count). The number of hydrogen-bond donors (Lipinski definition) is 4. The van der Waals surface area contributed by atoms with Crippen molar-refractivity contribution in [3.63, 3.8) is 0 Å². The van der Waals surface area contributed by atoms with E-state index in [2.05, 4.69) is 16.0 Å². The zero-order valence-corrected chi connectivity index (χ0v) is 29.6. The van der Waals surface area contributed by atoms with Crippen molar-refractivity contribution in [1.29, 1.82) is 0 Å². The number of fused-ring (bicyclic) bond motifs is 1. The quantitative estimate of drug-likeness (QED) is 0.246. The van der Waals surface area contributed by atoms with Crippen molar-refractivity contribution in [2.24, 2.45) is 39.7 Å². The second-order valence-electron chi connectivity index (χ2n) is 16.3. The zero-order chi connectivity index (χ0) is 35.3. The molecule has 1 aliphatic heterocycles. The van der Waals surface area contributed by atoms with Gasteiger partial charge in [0.05, 0.1) is 16.7 Å². The number of primary amides is 1. The molecule has 2 saturated carbocycles. The van der Waals surface area contributed by atoms with Gasteiger partial charge in [-0.3, -0.25) is 19.2 Å². The van der Waals surface area contributed by atoms with Gasteiger partial charge in [0.25, 0.3) is 5.91 Å². The Morgan fingerprint density at radius 1 is 0.936 bits per heavy atom. The number of carbonyl (C=O) groups excluding carboxylic acids is 5. The SMILES string of the molecule is CC(C)(C)[C@H](NC(=O)N[C@H](CS(=O)(=O)c1ccccc1)C(C)(C)C)C(=O)N1C[C@H]2[C@@H]([C@H]1C(=O)NC(CC1CC1)C(=O)C(N)=O)C2(C)C. The number of ketones is 1. The fraction of sp³-hybridized carbons (Fsp3) is 0.676. The van der Waals surface area contributed by atoms with Crippen molar-refractivity contribution in [1.82, 2.24) is 20.9 Å². The van der Waals surface area contributed by atoms with E-state index in [1.165, 1.54) is 17.0 Å². The summed E-state index contributed by atoms with van der Waals surface area (Å²) in [7, 11) is -3.74. The van der Waals surface area contributed by atoms with E-state index in [4.69, 9.17) is 5.73 Å². The summed E-state index contributed by atoms with van der Waals surface area (Å²) in [6.07, 6.45) is 2.12. The largest absolute Gasteiger partial charge is 0.363 e. The first-order chi connectivity index (χ1) is 21.6. The fourth-order valence-corrected chi connectivity index (χ4v) is 8.54. The molecule has 5 N–H and O–H groups in total. The average Bonchev–Trinajstić information content (AvgIpc) is 3.81. The molecule has 47 heavy (non-hydrogen) atoms. The van der Waals surface area contributed by atoms with Crippen LogP contribution < -0.4 is 21.7 Å². The maximum absolute atomic E-state index is 14.3. The Hall–Kier alpha value is -3.48. The summed E-state index contributed by atoms with van der Waals surface area (Å²) in [6, 6.07) is 3.48. The van der Waals surface area contributed by atoms with Crippen LogP contribution in [0, 0.1) is 34.0 Å². The lowest BCUT2D eigenvalue weighted by molar-refractivity contribution is -0.145. The van der Waals surface area contributed by atoms with Crippen LogP contribution in [0.25, 0.3) is 0 Å². The number of urea groups is 1. The van der Waals surface area contributed by atoms with Crippen molar-refractivity contribution >= 4 is 39.4 Å². The highest BCUT2D eigenvalue weighted by Crippen LogP contribution is 2.65. The van der Waals surface area contributed by atoms with Crippen LogP contribution in [0.15, 0.2) is 35.2 Å². The first kappa shape index (κ1) is 36.4. The molecule has 0 radical (unpaired) electrons. The lowest BCUT2D eigenvalue weighted by Crippen LogP contribution is -2.62. The van der Waals surface area contributed by atoms with E-state index in [1.54, 1.807) is 39.0 Å². The Morgan fingerprint density at radius 3 is 2.04 bits per heavy atom. The molecule has 0 bridgehead atoms. The van der Waals surface area contributed by atoms with Gasteiger partial charge in [-0.15, -0.1) is 0 Å². The lowest BCUT2D eigenvalue weighted by Gasteiger charge is -2.38. The van der Waals surface area contributed by atoms with Crippen molar-refractivity contribution in [2.45, 2.75) is 104 Å². The van der Waals surface area contributed by atoms with Crippen LogP contribution in [0.2, 0.25) is 0 Å². The molecule has 12 nitrogen and oxygen atoms in total. The smallest absolute Gasteiger partial charge is 0.315 e. The molecule has 1 aromatic rings. The van der Waals surface area contributed by atoms with Gasteiger partial charge in [0.15, 0.2) is 9.84 Å². The molecule has 5 amide bonds. The predicted octanol–water partition coefficient (Wildman–Crippen LogP) is 2.41. The summed E-state index contributed by atoms with van der Waals surface area (Å²) < 4.78 is 26.4. The third-order valence-corrected chi connectivity index (χ3v) is 11.9. The maximum atomic E-state index is 14.3. The van der Waals surface area contributed by atoms with Crippen molar-refractivity contribution in [3.8, 4) is 0 Å². The highest BCUT2D eigenvalue weighted by atomic mass is 32.2. The van der Waals surface area contributed by atoms with Gasteiger partial charge in [-0.1, -0.05) is 86.4 Å². The number of carbonyl (C=O) groups is 5. The van der Waals surface area contributed by atoms with E-state index in [1.807, 2.05) is 34.6 Å². The summed E-state index contributed by atoms with van der Waals surface area (Å²) in [5.41, 5.74) is 3.64. The van der Waals surface area contributed by atoms with Crippen LogP contribution in [0.3, 0.4) is 0 Å². The molecular weight excluding hydrogens is 622 g/mol. The number of amides is 5. The first-order valence-corrected chi connectivity index (χ1v) is 18.0. The minimum atomic E-state index is -3.74. The summed E-state index contributed by atoms with van der Waals surface area (Å²) >= 11 is 0. The lowest BCUT2D eigenvalue weighted by atomic mass is 9.85. The molecule has 6 atom stereocenters. The van der Waals surface area contributed by atoms with Gasteiger partial charge in [-0.2, -0.15) is 0 Å². The van der Waals surface area contributed by atoms with Gasteiger partial charge >= 0.3 is 6.03 Å². The number of hydrogen-bond acceptors (Lipinski definition) is 7. The van der Waals surface area contributed by atoms with E-state index in [-0.39, 0.29) is 33.8 Å². The van der Waals surface area contributed by atoms with Gasteiger partial charge in [0.2, 0.25) is 17.6 Å². The molecule has 0 aromatic heterocycles. The monoisotopic (exact) mass is 673 g/mol. The molecule has 1 aromatic carbocycles. The number of benzene rings is 1. The van der Waals surface area contributed by atoms with E-state index < -0.39 is 74.4 Å². The topological polar surface area (TPSA) is 185 Å². The van der Waals surface area contributed by atoms with Crippen LogP contribution in [0.1, 0.15) is 74.7 Å². The molecule has 13 heteroatoms. The normalized spacial score (nSPS) is 23.9. The molecule has 2 aliphatic carbocycles. The Balaban J connectivity index is 1.54. The highest BCUT2D eigenvalue weighted by Gasteiger charge is 2.70. The second kappa shape index (κ2) is 12.9. The number of rotatable bonds is 12. The molecule has 3 aliphatic rings. The standard InChI is InChI=1S/C34H51N5O7S/c1-32(2,3)23(18-47(45,46)20-12-10-9-11-13-20)37-31(44)38-27(33(4,5)6)30(43)39-17-21-24(34(21,7)8)25(39)29(42)36-22(16-19-14-15-19)26(40)28(35)41/h9-13,19,21-25,27H,14-18H2,1-8H3,(H2,35,41)(H,36,42)(H2,37,38,44)/t21-,22?,23+,24-,25-,27+/m0/s1. The van der Waals surface area contributed by atoms with Crippen LogP contribution in [0.4, 0.5) is 4.79 Å². The van der Waals surface area contributed by atoms with Gasteiger partial charge < -0.3 is 26.6 Å². The van der Waals surface area contributed by atoms with E-state index in [0.717, 1.165) is 12.8 Å². The first-order valence-electron chi connectivity index (χ1n) is 16.3. The van der Waals surface area contributed by atoms with E-state index in [9.17, 15) is 32.4 Å². The third kappa shape index (κ3) is 8.16. The minimum Gasteiger partial charge on any atom is -0.363 e. The van der Waals surface area contributed by atoms with Gasteiger partial charge in [0.1, 0.15) is 12.1 Å². The van der Waals surface area contributed by atoms with E-state index in [0.29, 0.717) is 13.0 Å². The number of nitrogens with one attached hydrogen (secondary N) is 3. The molecule has 0 spiro atoms. The Labute approximate surface area is 278 Å². The number of nitrogens with zero attached hydrogens (tertiary/aromatic N) is 1. The van der Waals surface area contributed by atoms with Gasteiger partial charge in [-0.25, -0.2) is 13.2 Å². The van der Waals surface area contributed by atoms with Crippen molar-refractivity contribution in [3.05, 3.63) is 30.3 Å². The van der Waals surface area contributed by atoms with Crippen LogP contribution in [-0.2, 0) is 29.0 Å². The van der Waals surface area contributed by atoms with Crippen LogP contribution in [-0.4, -0.2) is 79.3 Å². The predicted molar refractivity (Wildman–Crippen MR) is 176 cm³/mol. The fourth-order valence-electron chi connectivity index (χ4n) is 6.76. The zero-order valence-electron chi connectivity index (χ0n) is 28.8. The highest BCUT2D eigenvalue weighted by molar-refractivity contribution is 7.91. The number of sulfone groups is 1. The average molecular weight is 674 g/mol. The van der Waals surface area contributed by atoms with Crippen molar-refractivity contribution in [2.75, 3.05) is 12.3 Å². The second-order valence-corrected chi connectivity index (χ2v) is 18.3. The molecule has 1 saturated heterocycles. The van der Waals surface area contributed by atoms with Gasteiger partial charge in [0, 0.05) is 12.6 Å². The summed E-state index contributed by atoms with van der Waals surface area (Å²) in [4.78, 5) is 67.7. The Morgan fingerprint density at radius 2 is 1.53 bits per heavy atom. The van der Waals surface area contributed by atoms with Crippen LogP contribution in [0.5, 0.6) is 0 Å². The van der Waals surface area contributed by atoms with Crippen LogP contribution >= 0.6 is 0 Å². The molecule has 1 heterocycles. The maximum Gasteiger partial charge on any atom is 0.315 e. The third-order valence-electron chi connectivity index (χ3n) is 10.1. The van der Waals surface area contributed by atoms with Crippen molar-refractivity contribution < 1.29 is 32.4 Å². The number of nitrogens with two attached hydrogens (primary N) is 1.